The molecule has 0 radical (unpaired) electrons. The first-order chi connectivity index (χ1) is 14.3. The third kappa shape index (κ3) is 5.22. The Morgan fingerprint density at radius 2 is 1.93 bits per heavy atom. The number of hydrogen-bond acceptors (Lipinski definition) is 7. The molecule has 1 amide bonds. The van der Waals surface area contributed by atoms with Gasteiger partial charge in [-0.15, -0.1) is 4.40 Å². The van der Waals surface area contributed by atoms with Crippen molar-refractivity contribution in [3.8, 4) is 11.5 Å². The Kier molecular flexibility index (Phi) is 6.83. The second-order valence-electron chi connectivity index (χ2n) is 6.21. The van der Waals surface area contributed by atoms with Crippen molar-refractivity contribution >= 4 is 38.5 Å². The maximum Gasteiger partial charge on any atom is 0.286 e. The molecule has 2 aromatic carbocycles. The van der Waals surface area contributed by atoms with Crippen LogP contribution in [0.2, 0.25) is 0 Å². The van der Waals surface area contributed by atoms with Crippen LogP contribution in [0.3, 0.4) is 0 Å². The number of anilines is 1. The van der Waals surface area contributed by atoms with Gasteiger partial charge in [-0.1, -0.05) is 17.8 Å². The number of benzene rings is 2. The lowest BCUT2D eigenvalue weighted by molar-refractivity contribution is -0.118. The quantitative estimate of drug-likeness (QED) is 0.663. The van der Waals surface area contributed by atoms with Crippen molar-refractivity contribution in [2.75, 3.05) is 31.8 Å². The fourth-order valence-corrected chi connectivity index (χ4v) is 4.82. The molecule has 11 heteroatoms. The van der Waals surface area contributed by atoms with Gasteiger partial charge in [0, 0.05) is 6.54 Å². The highest BCUT2D eigenvalue weighted by Gasteiger charge is 2.26. The molecule has 1 aliphatic heterocycles. The minimum Gasteiger partial charge on any atom is -0.493 e. The van der Waals surface area contributed by atoms with Crippen molar-refractivity contribution in [3.63, 3.8) is 0 Å². The van der Waals surface area contributed by atoms with Gasteiger partial charge in [-0.3, -0.25) is 4.79 Å². The lowest BCUT2D eigenvalue weighted by atomic mass is 10.1. The number of nitrogens with zero attached hydrogens (tertiary/aromatic N) is 1. The summed E-state index contributed by atoms with van der Waals surface area (Å²) in [4.78, 5) is 11.9. The van der Waals surface area contributed by atoms with E-state index in [1.807, 2.05) is 12.1 Å². The lowest BCUT2D eigenvalue weighted by Gasteiger charge is -2.17. The van der Waals surface area contributed by atoms with Crippen LogP contribution in [0.5, 0.6) is 11.5 Å². The average Bonchev–Trinajstić information content (AvgIpc) is 2.72. The van der Waals surface area contributed by atoms with Gasteiger partial charge in [0.1, 0.15) is 10.7 Å². The van der Waals surface area contributed by atoms with E-state index in [4.69, 9.17) is 9.47 Å². The Hall–Kier alpha value is -2.79. The molecule has 2 aromatic rings. The van der Waals surface area contributed by atoms with Gasteiger partial charge >= 0.3 is 0 Å². The van der Waals surface area contributed by atoms with E-state index in [-0.39, 0.29) is 27.4 Å². The summed E-state index contributed by atoms with van der Waals surface area (Å²) in [6.45, 7) is 0.398. The van der Waals surface area contributed by atoms with Crippen molar-refractivity contribution in [1.29, 1.82) is 0 Å². The number of ether oxygens (including phenoxy) is 2. The number of amides is 1. The molecule has 160 valence electrons. The molecule has 30 heavy (non-hydrogen) atoms. The van der Waals surface area contributed by atoms with Gasteiger partial charge in [-0.2, -0.15) is 8.42 Å². The van der Waals surface area contributed by atoms with Crippen LogP contribution in [-0.2, 0) is 21.2 Å². The van der Waals surface area contributed by atoms with Gasteiger partial charge in [-0.05, 0) is 42.3 Å². The zero-order valence-corrected chi connectivity index (χ0v) is 17.9. The van der Waals surface area contributed by atoms with Crippen molar-refractivity contribution in [2.45, 2.75) is 11.3 Å². The molecule has 3 rings (SSSR count). The number of halogens is 1. The zero-order chi connectivity index (χ0) is 21.7. The van der Waals surface area contributed by atoms with E-state index in [0.717, 1.165) is 29.5 Å². The van der Waals surface area contributed by atoms with E-state index in [2.05, 4.69) is 15.0 Å². The SMILES string of the molecule is COc1ccc(CCNC(=O)CSC2=NS(=O)(=O)c3cc(F)ccc3N2)cc1OC. The number of nitrogens with one attached hydrogen (secondary N) is 2. The standard InChI is InChI=1S/C19H20FN3O5S2/c1-27-15-6-3-12(9-16(15)28-2)7-8-21-18(24)11-29-19-22-14-5-4-13(20)10-17(14)30(25,26)23-19/h3-6,9-10H,7-8,11H2,1-2H3,(H,21,24)(H,22,23). The number of methoxy groups -OCH3 is 2. The maximum atomic E-state index is 13.3. The number of thioether (sulfide) groups is 1. The van der Waals surface area contributed by atoms with Gasteiger partial charge in [0.05, 0.1) is 25.7 Å². The summed E-state index contributed by atoms with van der Waals surface area (Å²) < 4.78 is 51.7. The van der Waals surface area contributed by atoms with Crippen LogP contribution < -0.4 is 20.1 Å². The largest absolute Gasteiger partial charge is 0.493 e. The Morgan fingerprint density at radius 3 is 2.67 bits per heavy atom. The summed E-state index contributed by atoms with van der Waals surface area (Å²) in [7, 11) is -0.904. The fraction of sp³-hybridized carbons (Fsp3) is 0.263. The topological polar surface area (TPSA) is 106 Å². The van der Waals surface area contributed by atoms with Gasteiger partial charge in [0.25, 0.3) is 10.0 Å². The van der Waals surface area contributed by atoms with Crippen molar-refractivity contribution in [3.05, 3.63) is 47.8 Å². The van der Waals surface area contributed by atoms with E-state index in [1.165, 1.54) is 6.07 Å². The molecule has 0 fully saturated rings. The third-order valence-corrected chi connectivity index (χ3v) is 6.50. The van der Waals surface area contributed by atoms with Crippen LogP contribution in [0.25, 0.3) is 0 Å². The number of hydrogen-bond donors (Lipinski definition) is 2. The highest BCUT2D eigenvalue weighted by Crippen LogP contribution is 2.30. The highest BCUT2D eigenvalue weighted by molar-refractivity contribution is 8.15. The molecule has 0 unspecified atom stereocenters. The van der Waals surface area contributed by atoms with Crippen LogP contribution in [0.15, 0.2) is 45.7 Å². The van der Waals surface area contributed by atoms with Crippen LogP contribution >= 0.6 is 11.8 Å². The number of carbonyl (C=O) groups excluding carboxylic acids is 1. The molecule has 1 aliphatic rings. The summed E-state index contributed by atoms with van der Waals surface area (Å²) in [5, 5.41) is 5.63. The Labute approximate surface area is 177 Å². The molecule has 0 aliphatic carbocycles. The molecule has 2 N–H and O–H groups in total. The van der Waals surface area contributed by atoms with Gasteiger partial charge in [0.2, 0.25) is 5.91 Å². The number of sulfonamides is 1. The normalized spacial score (nSPS) is 14.2. The smallest absolute Gasteiger partial charge is 0.286 e. The van der Waals surface area contributed by atoms with Crippen LogP contribution in [0.4, 0.5) is 10.1 Å². The first kappa shape index (κ1) is 21.9. The van der Waals surface area contributed by atoms with E-state index >= 15 is 0 Å². The van der Waals surface area contributed by atoms with Gasteiger partial charge < -0.3 is 20.1 Å². The molecule has 0 aromatic heterocycles. The Balaban J connectivity index is 1.51. The second-order valence-corrected chi connectivity index (χ2v) is 8.75. The first-order valence-electron chi connectivity index (χ1n) is 8.84. The van der Waals surface area contributed by atoms with E-state index in [1.54, 1.807) is 20.3 Å². The predicted molar refractivity (Wildman–Crippen MR) is 113 cm³/mol. The molecule has 1 heterocycles. The molecular weight excluding hydrogens is 433 g/mol. The average molecular weight is 454 g/mol. The lowest BCUT2D eigenvalue weighted by Crippen LogP contribution is -2.29. The van der Waals surface area contributed by atoms with Crippen LogP contribution in [0.1, 0.15) is 5.56 Å². The molecule has 0 atom stereocenters. The van der Waals surface area contributed by atoms with Crippen LogP contribution in [-0.4, -0.2) is 46.0 Å². The predicted octanol–water partition coefficient (Wildman–Crippen LogP) is 2.41. The Morgan fingerprint density at radius 1 is 1.17 bits per heavy atom. The number of rotatable bonds is 7. The zero-order valence-electron chi connectivity index (χ0n) is 16.3. The molecule has 0 bridgehead atoms. The van der Waals surface area contributed by atoms with Gasteiger partial charge in [0.15, 0.2) is 16.7 Å². The van der Waals surface area contributed by atoms with Crippen molar-refractivity contribution in [1.82, 2.24) is 5.32 Å². The van der Waals surface area contributed by atoms with E-state index < -0.39 is 15.8 Å². The van der Waals surface area contributed by atoms with Crippen molar-refractivity contribution in [2.24, 2.45) is 4.40 Å². The summed E-state index contributed by atoms with van der Waals surface area (Å²) in [6.07, 6.45) is 0.587. The first-order valence-corrected chi connectivity index (χ1v) is 11.3. The van der Waals surface area contributed by atoms with Crippen LogP contribution in [0, 0.1) is 5.82 Å². The number of amidine groups is 1. The molecule has 8 nitrogen and oxygen atoms in total. The number of carbonyl (C=O) groups is 1. The Bertz CT molecular complexity index is 1090. The second kappa shape index (κ2) is 9.35. The minimum atomic E-state index is -4.02. The fourth-order valence-electron chi connectivity index (χ4n) is 2.74. The third-order valence-electron chi connectivity index (χ3n) is 4.19. The van der Waals surface area contributed by atoms with E-state index in [9.17, 15) is 17.6 Å². The van der Waals surface area contributed by atoms with E-state index in [0.29, 0.717) is 24.5 Å². The summed E-state index contributed by atoms with van der Waals surface area (Å²) >= 11 is 0.950. The monoisotopic (exact) mass is 453 g/mol. The van der Waals surface area contributed by atoms with Crippen molar-refractivity contribution < 1.29 is 27.1 Å². The van der Waals surface area contributed by atoms with Gasteiger partial charge in [-0.25, -0.2) is 4.39 Å². The summed E-state index contributed by atoms with van der Waals surface area (Å²) in [5.41, 5.74) is 1.19. The molecule has 0 saturated heterocycles. The summed E-state index contributed by atoms with van der Waals surface area (Å²) in [6, 6.07) is 8.89. The summed E-state index contributed by atoms with van der Waals surface area (Å²) in [5.74, 6) is 0.275. The minimum absolute atomic E-state index is 0.0240. The molecular formula is C19H20FN3O5S2. The number of fused-ring (bicyclic) bond motifs is 1. The molecule has 0 spiro atoms. The maximum absolute atomic E-state index is 13.3. The highest BCUT2D eigenvalue weighted by atomic mass is 32.2. The molecule has 0 saturated carbocycles.